The van der Waals surface area contributed by atoms with Crippen molar-refractivity contribution < 1.29 is 5.11 Å². The van der Waals surface area contributed by atoms with Gasteiger partial charge in [-0.1, -0.05) is 25.6 Å². The largest absolute Gasteiger partial charge is 0.391 e. The zero-order valence-electron chi connectivity index (χ0n) is 10.4. The van der Waals surface area contributed by atoms with Crippen LogP contribution in [0.5, 0.6) is 0 Å². The van der Waals surface area contributed by atoms with Crippen LogP contribution in [0.2, 0.25) is 0 Å². The van der Waals surface area contributed by atoms with Gasteiger partial charge in [-0.15, -0.1) is 0 Å². The van der Waals surface area contributed by atoms with Crippen molar-refractivity contribution in [3.63, 3.8) is 0 Å². The van der Waals surface area contributed by atoms with Gasteiger partial charge in [0.1, 0.15) is 0 Å². The molecule has 0 aromatic carbocycles. The van der Waals surface area contributed by atoms with Gasteiger partial charge in [-0.2, -0.15) is 0 Å². The monoisotopic (exact) mass is 257 g/mol. The topological polar surface area (TPSA) is 78.0 Å². The molecule has 1 aromatic heterocycles. The standard InChI is InChI=1S/C11H19N3O2S/c1-7(2)12-5-9(15)6-17-11-13-8(3)4-10(16)14-11/h4,7,9,12,15H,5-6H2,1-3H3,(H,13,14,16). The summed E-state index contributed by atoms with van der Waals surface area (Å²) >= 11 is 1.35. The summed E-state index contributed by atoms with van der Waals surface area (Å²) in [6.07, 6.45) is -0.451. The molecule has 0 amide bonds. The highest BCUT2D eigenvalue weighted by molar-refractivity contribution is 7.99. The second kappa shape index (κ2) is 6.78. The lowest BCUT2D eigenvalue weighted by atomic mass is 10.3. The molecule has 5 nitrogen and oxygen atoms in total. The summed E-state index contributed by atoms with van der Waals surface area (Å²) < 4.78 is 0. The Balaban J connectivity index is 2.41. The Kier molecular flexibility index (Phi) is 5.67. The molecule has 1 aromatic rings. The maximum atomic E-state index is 11.2. The van der Waals surface area contributed by atoms with Crippen LogP contribution in [-0.4, -0.2) is 39.5 Å². The Morgan fingerprint density at radius 1 is 1.59 bits per heavy atom. The molecule has 0 aliphatic heterocycles. The van der Waals surface area contributed by atoms with Crippen LogP contribution in [-0.2, 0) is 0 Å². The van der Waals surface area contributed by atoms with E-state index in [4.69, 9.17) is 0 Å². The summed E-state index contributed by atoms with van der Waals surface area (Å²) in [6, 6.07) is 1.80. The first-order valence-electron chi connectivity index (χ1n) is 5.59. The van der Waals surface area contributed by atoms with Crippen molar-refractivity contribution in [1.29, 1.82) is 0 Å². The molecular formula is C11H19N3O2S. The molecule has 0 fully saturated rings. The van der Waals surface area contributed by atoms with Gasteiger partial charge < -0.3 is 15.4 Å². The second-order valence-electron chi connectivity index (χ2n) is 4.22. The van der Waals surface area contributed by atoms with E-state index in [2.05, 4.69) is 15.3 Å². The Labute approximate surface area is 105 Å². The molecule has 3 N–H and O–H groups in total. The normalized spacial score (nSPS) is 13.0. The number of nitrogens with zero attached hydrogens (tertiary/aromatic N) is 1. The van der Waals surface area contributed by atoms with Crippen molar-refractivity contribution in [3.8, 4) is 0 Å². The smallest absolute Gasteiger partial charge is 0.251 e. The molecular weight excluding hydrogens is 238 g/mol. The molecule has 0 bridgehead atoms. The van der Waals surface area contributed by atoms with Crippen molar-refractivity contribution in [3.05, 3.63) is 22.1 Å². The molecule has 0 radical (unpaired) electrons. The van der Waals surface area contributed by atoms with Crippen molar-refractivity contribution >= 4 is 11.8 Å². The van der Waals surface area contributed by atoms with E-state index in [0.717, 1.165) is 0 Å². The predicted molar refractivity (Wildman–Crippen MR) is 69.5 cm³/mol. The van der Waals surface area contributed by atoms with Crippen molar-refractivity contribution in [1.82, 2.24) is 15.3 Å². The number of aromatic nitrogens is 2. The van der Waals surface area contributed by atoms with E-state index in [1.807, 2.05) is 13.8 Å². The number of H-pyrrole nitrogens is 1. The van der Waals surface area contributed by atoms with Gasteiger partial charge in [-0.25, -0.2) is 4.98 Å². The van der Waals surface area contributed by atoms with Crippen molar-refractivity contribution in [2.45, 2.75) is 38.1 Å². The number of hydrogen-bond donors (Lipinski definition) is 3. The van der Waals surface area contributed by atoms with E-state index in [1.54, 1.807) is 6.92 Å². The van der Waals surface area contributed by atoms with Crippen LogP contribution in [0.1, 0.15) is 19.5 Å². The minimum Gasteiger partial charge on any atom is -0.391 e. The first-order valence-corrected chi connectivity index (χ1v) is 6.58. The molecule has 0 aliphatic rings. The zero-order valence-corrected chi connectivity index (χ0v) is 11.2. The van der Waals surface area contributed by atoms with Gasteiger partial charge in [0.2, 0.25) is 0 Å². The minimum atomic E-state index is -0.451. The van der Waals surface area contributed by atoms with Crippen LogP contribution < -0.4 is 10.9 Å². The quantitative estimate of drug-likeness (QED) is 0.512. The number of aromatic amines is 1. The van der Waals surface area contributed by atoms with Gasteiger partial charge in [0.05, 0.1) is 6.10 Å². The molecule has 1 unspecified atom stereocenters. The van der Waals surface area contributed by atoms with Crippen LogP contribution in [0.3, 0.4) is 0 Å². The highest BCUT2D eigenvalue weighted by Crippen LogP contribution is 2.12. The molecule has 0 aliphatic carbocycles. The minimum absolute atomic E-state index is 0.158. The molecule has 0 spiro atoms. The fourth-order valence-electron chi connectivity index (χ4n) is 1.23. The van der Waals surface area contributed by atoms with Crippen LogP contribution in [0.25, 0.3) is 0 Å². The fourth-order valence-corrected chi connectivity index (χ4v) is 2.08. The molecule has 0 saturated carbocycles. The number of thioether (sulfide) groups is 1. The summed E-state index contributed by atoms with van der Waals surface area (Å²) in [7, 11) is 0. The predicted octanol–water partition coefficient (Wildman–Crippen LogP) is 0.529. The Bertz CT molecular complexity index is 406. The number of hydrogen-bond acceptors (Lipinski definition) is 5. The maximum Gasteiger partial charge on any atom is 0.251 e. The molecule has 6 heteroatoms. The van der Waals surface area contributed by atoms with Gasteiger partial charge in [0.15, 0.2) is 5.16 Å². The van der Waals surface area contributed by atoms with E-state index in [-0.39, 0.29) is 5.56 Å². The summed E-state index contributed by atoms with van der Waals surface area (Å²) in [5, 5.41) is 13.4. The average molecular weight is 257 g/mol. The average Bonchev–Trinajstić information content (AvgIpc) is 2.22. The van der Waals surface area contributed by atoms with Gasteiger partial charge in [-0.05, 0) is 6.92 Å². The summed E-state index contributed by atoms with van der Waals surface area (Å²) in [5.74, 6) is 0.506. The van der Waals surface area contributed by atoms with E-state index in [9.17, 15) is 9.90 Å². The number of aryl methyl sites for hydroxylation is 1. The molecule has 1 atom stereocenters. The number of rotatable bonds is 6. The number of aliphatic hydroxyl groups excluding tert-OH is 1. The van der Waals surface area contributed by atoms with Crippen LogP contribution in [0, 0.1) is 6.92 Å². The third-order valence-corrected chi connectivity index (χ3v) is 3.04. The molecule has 96 valence electrons. The third-order valence-electron chi connectivity index (χ3n) is 2.02. The highest BCUT2D eigenvalue weighted by atomic mass is 32.2. The maximum absolute atomic E-state index is 11.2. The fraction of sp³-hybridized carbons (Fsp3) is 0.636. The molecule has 17 heavy (non-hydrogen) atoms. The van der Waals surface area contributed by atoms with Crippen LogP contribution >= 0.6 is 11.8 Å². The van der Waals surface area contributed by atoms with Crippen LogP contribution in [0.15, 0.2) is 16.0 Å². The van der Waals surface area contributed by atoms with Gasteiger partial charge in [0.25, 0.3) is 5.56 Å². The zero-order chi connectivity index (χ0) is 12.8. The first-order chi connectivity index (χ1) is 7.97. The second-order valence-corrected chi connectivity index (χ2v) is 5.23. The van der Waals surface area contributed by atoms with E-state index in [1.165, 1.54) is 17.8 Å². The Hall–Kier alpha value is -0.850. The van der Waals surface area contributed by atoms with Gasteiger partial charge >= 0.3 is 0 Å². The lowest BCUT2D eigenvalue weighted by molar-refractivity contribution is 0.192. The van der Waals surface area contributed by atoms with Crippen LogP contribution in [0.4, 0.5) is 0 Å². The van der Waals surface area contributed by atoms with Gasteiger partial charge in [-0.3, -0.25) is 4.79 Å². The summed E-state index contributed by atoms with van der Waals surface area (Å²) in [5.41, 5.74) is 0.529. The Morgan fingerprint density at radius 2 is 2.29 bits per heavy atom. The number of aliphatic hydroxyl groups is 1. The van der Waals surface area contributed by atoms with Crippen molar-refractivity contribution in [2.75, 3.05) is 12.3 Å². The Morgan fingerprint density at radius 3 is 2.88 bits per heavy atom. The first kappa shape index (κ1) is 14.2. The van der Waals surface area contributed by atoms with Gasteiger partial charge in [0, 0.05) is 30.1 Å². The summed E-state index contributed by atoms with van der Waals surface area (Å²) in [6.45, 7) is 6.37. The van der Waals surface area contributed by atoms with E-state index < -0.39 is 6.10 Å². The molecule has 1 heterocycles. The van der Waals surface area contributed by atoms with Crippen molar-refractivity contribution in [2.24, 2.45) is 0 Å². The molecule has 0 saturated heterocycles. The SMILES string of the molecule is Cc1cc(=O)[nH]c(SCC(O)CNC(C)C)n1. The highest BCUT2D eigenvalue weighted by Gasteiger charge is 2.07. The van der Waals surface area contributed by atoms with E-state index >= 15 is 0 Å². The lowest BCUT2D eigenvalue weighted by Gasteiger charge is -2.13. The number of nitrogens with one attached hydrogen (secondary N) is 2. The lowest BCUT2D eigenvalue weighted by Crippen LogP contribution is -2.33. The molecule has 1 rings (SSSR count). The summed E-state index contributed by atoms with van der Waals surface area (Å²) in [4.78, 5) is 18.0. The third kappa shape index (κ3) is 5.86. The van der Waals surface area contributed by atoms with E-state index in [0.29, 0.717) is 29.2 Å².